The fourth-order valence-corrected chi connectivity index (χ4v) is 2.41. The normalized spacial score (nSPS) is 12.4. The van der Waals surface area contributed by atoms with Gasteiger partial charge in [0, 0.05) is 11.8 Å². The second kappa shape index (κ2) is 6.17. The third kappa shape index (κ3) is 2.90. The summed E-state index contributed by atoms with van der Waals surface area (Å²) >= 11 is 5.79. The highest BCUT2D eigenvalue weighted by atomic mass is 35.5. The molecule has 0 amide bonds. The van der Waals surface area contributed by atoms with Gasteiger partial charge in [-0.25, -0.2) is 9.37 Å². The fraction of sp³-hybridized carbons (Fsp3) is 0.214. The zero-order valence-corrected chi connectivity index (χ0v) is 11.8. The van der Waals surface area contributed by atoms with E-state index in [-0.39, 0.29) is 11.1 Å². The van der Waals surface area contributed by atoms with E-state index in [1.807, 2.05) is 13.0 Å². The molecule has 6 heteroatoms. The van der Waals surface area contributed by atoms with Crippen LogP contribution in [0.2, 0.25) is 5.02 Å². The van der Waals surface area contributed by atoms with Crippen LogP contribution in [0, 0.1) is 12.7 Å². The third-order valence-corrected chi connectivity index (χ3v) is 3.54. The first-order valence-corrected chi connectivity index (χ1v) is 6.52. The summed E-state index contributed by atoms with van der Waals surface area (Å²) in [6, 6.07) is 6.39. The quantitative estimate of drug-likeness (QED) is 0.598. The maximum absolute atomic E-state index is 14.0. The van der Waals surface area contributed by atoms with Gasteiger partial charge in [0.2, 0.25) is 0 Å². The number of rotatable bonds is 4. The van der Waals surface area contributed by atoms with E-state index in [2.05, 4.69) is 10.4 Å². The number of nitrogens with one attached hydrogen (secondary N) is 1. The van der Waals surface area contributed by atoms with Crippen LogP contribution in [-0.2, 0) is 6.42 Å². The van der Waals surface area contributed by atoms with Gasteiger partial charge in [0.05, 0.1) is 11.1 Å². The Balaban J connectivity index is 2.37. The molecule has 0 saturated carbocycles. The zero-order chi connectivity index (χ0) is 14.7. The average molecular weight is 295 g/mol. The van der Waals surface area contributed by atoms with E-state index in [1.54, 1.807) is 18.3 Å². The Morgan fingerprint density at radius 1 is 1.40 bits per heavy atom. The van der Waals surface area contributed by atoms with Crippen LogP contribution in [0.3, 0.4) is 0 Å². The number of hydrogen-bond donors (Lipinski definition) is 3. The topological polar surface area (TPSA) is 77.0 Å². The molecule has 1 unspecified atom stereocenters. The van der Waals surface area contributed by atoms with Gasteiger partial charge in [-0.05, 0) is 36.6 Å². The minimum atomic E-state index is -0.436. The van der Waals surface area contributed by atoms with Crippen molar-refractivity contribution in [2.24, 2.45) is 5.84 Å². The molecule has 1 atom stereocenters. The molecule has 0 radical (unpaired) electrons. The lowest BCUT2D eigenvalue weighted by Gasteiger charge is -2.20. The van der Waals surface area contributed by atoms with E-state index < -0.39 is 5.82 Å². The van der Waals surface area contributed by atoms with Crippen molar-refractivity contribution in [1.82, 2.24) is 10.4 Å². The van der Waals surface area contributed by atoms with Crippen molar-refractivity contribution in [2.75, 3.05) is 5.73 Å². The van der Waals surface area contributed by atoms with Crippen molar-refractivity contribution in [1.29, 1.82) is 0 Å². The van der Waals surface area contributed by atoms with Crippen LogP contribution >= 0.6 is 11.6 Å². The number of nitrogens with zero attached hydrogens (tertiary/aromatic N) is 1. The summed E-state index contributed by atoms with van der Waals surface area (Å²) in [6.07, 6.45) is 1.96. The monoisotopic (exact) mass is 294 g/mol. The Labute approximate surface area is 121 Å². The molecule has 0 aliphatic carbocycles. The number of aryl methyl sites for hydroxylation is 1. The predicted molar refractivity (Wildman–Crippen MR) is 78.6 cm³/mol. The van der Waals surface area contributed by atoms with Crippen molar-refractivity contribution in [2.45, 2.75) is 19.4 Å². The molecule has 0 bridgehead atoms. The molecule has 20 heavy (non-hydrogen) atoms. The largest absolute Gasteiger partial charge is 0.383 e. The Bertz CT molecular complexity index is 598. The summed E-state index contributed by atoms with van der Waals surface area (Å²) in [4.78, 5) is 4.05. The summed E-state index contributed by atoms with van der Waals surface area (Å²) in [5, 5.41) is 0.0918. The van der Waals surface area contributed by atoms with Crippen molar-refractivity contribution >= 4 is 17.4 Å². The Hall–Kier alpha value is -1.69. The minimum absolute atomic E-state index is 0.0918. The first kappa shape index (κ1) is 14.7. The Morgan fingerprint density at radius 3 is 2.80 bits per heavy atom. The predicted octanol–water partition coefficient (Wildman–Crippen LogP) is 2.51. The smallest absolute Gasteiger partial charge is 0.145 e. The maximum atomic E-state index is 14.0. The van der Waals surface area contributed by atoms with E-state index in [0.29, 0.717) is 17.8 Å². The average Bonchev–Trinajstić information content (AvgIpc) is 2.42. The molecule has 1 aromatic heterocycles. The van der Waals surface area contributed by atoms with Gasteiger partial charge >= 0.3 is 0 Å². The number of nitrogen functional groups attached to an aromatic ring is 1. The molecule has 1 heterocycles. The van der Waals surface area contributed by atoms with E-state index in [1.165, 1.54) is 6.07 Å². The number of nitrogens with two attached hydrogens (primary N) is 2. The second-order valence-corrected chi connectivity index (χ2v) is 4.97. The molecular formula is C14H16ClFN4. The number of anilines is 1. The summed E-state index contributed by atoms with van der Waals surface area (Å²) in [7, 11) is 0. The lowest BCUT2D eigenvalue weighted by Crippen LogP contribution is -2.31. The lowest BCUT2D eigenvalue weighted by molar-refractivity contribution is 0.527. The van der Waals surface area contributed by atoms with Crippen LogP contribution in [0.1, 0.15) is 22.7 Å². The molecule has 4 nitrogen and oxygen atoms in total. The molecule has 0 aliphatic rings. The van der Waals surface area contributed by atoms with Gasteiger partial charge in [0.1, 0.15) is 11.6 Å². The molecule has 5 N–H and O–H groups in total. The van der Waals surface area contributed by atoms with E-state index in [0.717, 1.165) is 11.1 Å². The van der Waals surface area contributed by atoms with Gasteiger partial charge in [0.25, 0.3) is 0 Å². The van der Waals surface area contributed by atoms with Crippen LogP contribution in [0.25, 0.3) is 0 Å². The molecule has 2 rings (SSSR count). The summed E-state index contributed by atoms with van der Waals surface area (Å²) in [5.74, 6) is 5.54. The van der Waals surface area contributed by atoms with Crippen LogP contribution < -0.4 is 17.0 Å². The zero-order valence-electron chi connectivity index (χ0n) is 11.0. The molecule has 0 saturated heterocycles. The molecule has 106 valence electrons. The van der Waals surface area contributed by atoms with Crippen molar-refractivity contribution in [3.05, 3.63) is 58.0 Å². The van der Waals surface area contributed by atoms with Crippen LogP contribution in [-0.4, -0.2) is 4.98 Å². The minimum Gasteiger partial charge on any atom is -0.383 e. The SMILES string of the molecule is Cc1ccnc(N)c1C(Cc1cccc(Cl)c1F)NN. The van der Waals surface area contributed by atoms with E-state index >= 15 is 0 Å². The van der Waals surface area contributed by atoms with E-state index in [9.17, 15) is 4.39 Å². The highest BCUT2D eigenvalue weighted by Crippen LogP contribution is 2.27. The fourth-order valence-electron chi connectivity index (χ4n) is 2.21. The highest BCUT2D eigenvalue weighted by molar-refractivity contribution is 6.30. The van der Waals surface area contributed by atoms with Crippen molar-refractivity contribution < 1.29 is 4.39 Å². The van der Waals surface area contributed by atoms with Crippen molar-refractivity contribution in [3.63, 3.8) is 0 Å². The second-order valence-electron chi connectivity index (χ2n) is 4.56. The summed E-state index contributed by atoms with van der Waals surface area (Å²) < 4.78 is 14.0. The van der Waals surface area contributed by atoms with Gasteiger partial charge in [-0.2, -0.15) is 0 Å². The molecule has 0 spiro atoms. The first-order chi connectivity index (χ1) is 9.54. The van der Waals surface area contributed by atoms with Gasteiger partial charge in [0.15, 0.2) is 0 Å². The molecule has 0 aliphatic heterocycles. The third-order valence-electron chi connectivity index (χ3n) is 3.24. The summed E-state index contributed by atoms with van der Waals surface area (Å²) in [6.45, 7) is 1.91. The molecule has 2 aromatic rings. The Kier molecular flexibility index (Phi) is 4.54. The number of halogens is 2. The molecular weight excluding hydrogens is 279 g/mol. The van der Waals surface area contributed by atoms with Crippen molar-refractivity contribution in [3.8, 4) is 0 Å². The number of hydrazine groups is 1. The van der Waals surface area contributed by atoms with E-state index in [4.69, 9.17) is 23.2 Å². The van der Waals surface area contributed by atoms with Crippen LogP contribution in [0.5, 0.6) is 0 Å². The number of benzene rings is 1. The number of hydrogen-bond acceptors (Lipinski definition) is 4. The van der Waals surface area contributed by atoms with Crippen LogP contribution in [0.15, 0.2) is 30.5 Å². The standard InChI is InChI=1S/C14H16ClFN4/c1-8-5-6-19-14(17)12(8)11(20-18)7-9-3-2-4-10(15)13(9)16/h2-6,11,20H,7,18H2,1H3,(H2,17,19). The number of pyridine rings is 1. The summed E-state index contributed by atoms with van der Waals surface area (Å²) in [5.41, 5.74) is 10.8. The highest BCUT2D eigenvalue weighted by Gasteiger charge is 2.19. The Morgan fingerprint density at radius 2 is 2.15 bits per heavy atom. The van der Waals surface area contributed by atoms with Gasteiger partial charge in [-0.3, -0.25) is 11.3 Å². The number of aromatic nitrogens is 1. The first-order valence-electron chi connectivity index (χ1n) is 6.14. The molecule has 0 fully saturated rings. The molecule has 1 aromatic carbocycles. The van der Waals surface area contributed by atoms with Gasteiger partial charge < -0.3 is 5.73 Å². The lowest BCUT2D eigenvalue weighted by atomic mass is 9.96. The maximum Gasteiger partial charge on any atom is 0.145 e. The van der Waals surface area contributed by atoms with Crippen LogP contribution in [0.4, 0.5) is 10.2 Å². The van der Waals surface area contributed by atoms with Gasteiger partial charge in [-0.1, -0.05) is 23.7 Å². The van der Waals surface area contributed by atoms with Gasteiger partial charge in [-0.15, -0.1) is 0 Å².